The molecule has 0 bridgehead atoms. The summed E-state index contributed by atoms with van der Waals surface area (Å²) in [7, 11) is 1.80. The fourth-order valence-electron chi connectivity index (χ4n) is 2.59. The largest absolute Gasteiger partial charge is 0.468 e. The molecule has 0 amide bonds. The van der Waals surface area contributed by atoms with Crippen molar-refractivity contribution in [3.05, 3.63) is 35.2 Å². The van der Waals surface area contributed by atoms with Gasteiger partial charge in [-0.3, -0.25) is 4.79 Å². The maximum Gasteiger partial charge on any atom is 0.188 e. The van der Waals surface area contributed by atoms with Crippen LogP contribution >= 0.6 is 11.3 Å². The van der Waals surface area contributed by atoms with Crippen LogP contribution in [0, 0.1) is 0 Å². The zero-order valence-corrected chi connectivity index (χ0v) is 12.0. The molecule has 0 aliphatic carbocycles. The van der Waals surface area contributed by atoms with Crippen molar-refractivity contribution in [2.45, 2.75) is 18.3 Å². The molecule has 0 radical (unpaired) electrons. The van der Waals surface area contributed by atoms with E-state index < -0.39 is 5.41 Å². The maximum absolute atomic E-state index is 13.0. The number of Topliss-reactive ketones (excluding diaryl/α,β-unsaturated/α-hetero) is 1. The minimum Gasteiger partial charge on any atom is -0.468 e. The Morgan fingerprint density at radius 3 is 2.85 bits per heavy atom. The summed E-state index contributed by atoms with van der Waals surface area (Å²) >= 11 is 1.38. The van der Waals surface area contributed by atoms with Crippen LogP contribution in [0.3, 0.4) is 0 Å². The van der Waals surface area contributed by atoms with Gasteiger partial charge < -0.3 is 14.5 Å². The maximum atomic E-state index is 13.0. The van der Waals surface area contributed by atoms with Gasteiger partial charge in [-0.15, -0.1) is 0 Å². The van der Waals surface area contributed by atoms with Crippen LogP contribution in [-0.4, -0.2) is 31.0 Å². The molecule has 20 heavy (non-hydrogen) atoms. The summed E-state index contributed by atoms with van der Waals surface area (Å²) in [6, 6.07) is 3.70. The van der Waals surface area contributed by atoms with E-state index in [-0.39, 0.29) is 5.78 Å². The van der Waals surface area contributed by atoms with Gasteiger partial charge in [-0.2, -0.15) is 0 Å². The lowest BCUT2D eigenvalue weighted by Gasteiger charge is -2.33. The van der Waals surface area contributed by atoms with Gasteiger partial charge in [0.15, 0.2) is 10.9 Å². The van der Waals surface area contributed by atoms with Crippen molar-refractivity contribution in [1.82, 2.24) is 4.98 Å². The molecule has 0 spiro atoms. The number of carbonyl (C=O) groups excluding carboxylic acids is 1. The molecule has 2 aromatic heterocycles. The van der Waals surface area contributed by atoms with Crippen molar-refractivity contribution < 1.29 is 13.9 Å². The minimum atomic E-state index is -0.612. The summed E-state index contributed by atoms with van der Waals surface area (Å²) < 4.78 is 11.0. The van der Waals surface area contributed by atoms with Crippen LogP contribution in [0.5, 0.6) is 0 Å². The molecule has 0 aromatic carbocycles. The number of nitrogens with one attached hydrogen (secondary N) is 1. The molecule has 106 valence electrons. The summed E-state index contributed by atoms with van der Waals surface area (Å²) in [6.07, 6.45) is 4.54. The van der Waals surface area contributed by atoms with E-state index in [4.69, 9.17) is 9.15 Å². The molecule has 1 saturated heterocycles. The van der Waals surface area contributed by atoms with Crippen LogP contribution < -0.4 is 5.32 Å². The third-order valence-corrected chi connectivity index (χ3v) is 4.73. The van der Waals surface area contributed by atoms with Gasteiger partial charge in [0, 0.05) is 20.3 Å². The third kappa shape index (κ3) is 2.14. The van der Waals surface area contributed by atoms with Gasteiger partial charge >= 0.3 is 0 Å². The van der Waals surface area contributed by atoms with E-state index in [1.165, 1.54) is 11.3 Å². The highest BCUT2D eigenvalue weighted by atomic mass is 32.1. The van der Waals surface area contributed by atoms with Crippen LogP contribution in [-0.2, 0) is 10.2 Å². The number of rotatable bonds is 4. The Kier molecular flexibility index (Phi) is 3.58. The average molecular weight is 292 g/mol. The lowest BCUT2D eigenvalue weighted by atomic mass is 9.74. The molecular formula is C14H16N2O3S. The summed E-state index contributed by atoms with van der Waals surface area (Å²) in [4.78, 5) is 17.8. The number of hydrogen-bond donors (Lipinski definition) is 1. The molecule has 1 N–H and O–H groups in total. The molecule has 5 nitrogen and oxygen atoms in total. The molecule has 3 heterocycles. The first-order valence-corrected chi connectivity index (χ1v) is 7.38. The topological polar surface area (TPSA) is 64.4 Å². The van der Waals surface area contributed by atoms with Gasteiger partial charge in [-0.05, 0) is 25.0 Å². The molecule has 1 fully saturated rings. The normalized spacial score (nSPS) is 17.9. The Bertz CT molecular complexity index is 585. The molecule has 2 aromatic rings. The summed E-state index contributed by atoms with van der Waals surface area (Å²) in [5.74, 6) is 0.806. The Labute approximate surface area is 121 Å². The predicted octanol–water partition coefficient (Wildman–Crippen LogP) is 2.71. The Balaban J connectivity index is 1.99. The average Bonchev–Trinajstić information content (AvgIpc) is 3.18. The minimum absolute atomic E-state index is 0.0785. The number of furan rings is 1. The van der Waals surface area contributed by atoms with Crippen molar-refractivity contribution in [2.24, 2.45) is 0 Å². The molecular weight excluding hydrogens is 276 g/mol. The number of anilines is 1. The number of ether oxygens (including phenoxy) is 1. The first-order chi connectivity index (χ1) is 9.76. The molecule has 6 heteroatoms. The third-order valence-electron chi connectivity index (χ3n) is 3.72. The lowest BCUT2D eigenvalue weighted by Crippen LogP contribution is -2.40. The fraction of sp³-hybridized carbons (Fsp3) is 0.429. The molecule has 0 unspecified atom stereocenters. The van der Waals surface area contributed by atoms with Gasteiger partial charge in [0.25, 0.3) is 0 Å². The van der Waals surface area contributed by atoms with E-state index in [0.29, 0.717) is 30.9 Å². The zero-order chi connectivity index (χ0) is 14.0. The van der Waals surface area contributed by atoms with Crippen LogP contribution in [0.25, 0.3) is 0 Å². The second-order valence-electron chi connectivity index (χ2n) is 4.78. The van der Waals surface area contributed by atoms with Crippen molar-refractivity contribution in [2.75, 3.05) is 25.6 Å². The van der Waals surface area contributed by atoms with Gasteiger partial charge in [0.1, 0.15) is 5.76 Å². The lowest BCUT2D eigenvalue weighted by molar-refractivity contribution is 0.0369. The highest BCUT2D eigenvalue weighted by molar-refractivity contribution is 7.17. The second-order valence-corrected chi connectivity index (χ2v) is 5.81. The van der Waals surface area contributed by atoms with E-state index >= 15 is 0 Å². The number of carbonyl (C=O) groups is 1. The van der Waals surface area contributed by atoms with Crippen LogP contribution in [0.2, 0.25) is 0 Å². The fourth-order valence-corrected chi connectivity index (χ4v) is 3.40. The van der Waals surface area contributed by atoms with Crippen molar-refractivity contribution in [3.8, 4) is 0 Å². The molecule has 0 saturated carbocycles. The van der Waals surface area contributed by atoms with Crippen molar-refractivity contribution in [3.63, 3.8) is 0 Å². The van der Waals surface area contributed by atoms with Crippen LogP contribution in [0.4, 0.5) is 5.13 Å². The Morgan fingerprint density at radius 2 is 2.25 bits per heavy atom. The highest BCUT2D eigenvalue weighted by Crippen LogP contribution is 2.39. The Hall–Kier alpha value is -1.66. The molecule has 3 rings (SSSR count). The van der Waals surface area contributed by atoms with Crippen molar-refractivity contribution >= 4 is 22.3 Å². The number of nitrogens with zero attached hydrogens (tertiary/aromatic N) is 1. The number of aromatic nitrogens is 1. The van der Waals surface area contributed by atoms with Crippen molar-refractivity contribution in [1.29, 1.82) is 0 Å². The number of thiazole rings is 1. The van der Waals surface area contributed by atoms with Crippen LogP contribution in [0.1, 0.15) is 28.3 Å². The summed E-state index contributed by atoms with van der Waals surface area (Å²) in [6.45, 7) is 1.15. The van der Waals surface area contributed by atoms with Gasteiger partial charge in [0.2, 0.25) is 0 Å². The molecule has 0 atom stereocenters. The standard InChI is InChI=1S/C14H16N2O3S/c1-15-13-16-9-10(20-13)12(17)14(4-7-18-8-5-14)11-3-2-6-19-11/h2-3,6,9H,4-5,7-8H2,1H3,(H,15,16). The first kappa shape index (κ1) is 13.3. The second kappa shape index (κ2) is 5.38. The van der Waals surface area contributed by atoms with E-state index in [0.717, 1.165) is 10.9 Å². The predicted molar refractivity (Wildman–Crippen MR) is 76.4 cm³/mol. The van der Waals surface area contributed by atoms with E-state index in [9.17, 15) is 4.79 Å². The van der Waals surface area contributed by atoms with Gasteiger partial charge in [0.05, 0.1) is 22.8 Å². The quantitative estimate of drug-likeness (QED) is 0.878. The van der Waals surface area contributed by atoms with E-state index in [1.54, 1.807) is 19.5 Å². The van der Waals surface area contributed by atoms with Crippen LogP contribution in [0.15, 0.2) is 29.0 Å². The molecule has 1 aliphatic heterocycles. The first-order valence-electron chi connectivity index (χ1n) is 6.56. The SMILES string of the molecule is CNc1ncc(C(=O)C2(c3ccco3)CCOCC2)s1. The summed E-state index contributed by atoms with van der Waals surface area (Å²) in [5.41, 5.74) is -0.612. The smallest absolute Gasteiger partial charge is 0.188 e. The van der Waals surface area contributed by atoms with E-state index in [2.05, 4.69) is 10.3 Å². The number of ketones is 1. The van der Waals surface area contributed by atoms with Gasteiger partial charge in [-0.25, -0.2) is 4.98 Å². The summed E-state index contributed by atoms with van der Waals surface area (Å²) in [5, 5.41) is 3.70. The van der Waals surface area contributed by atoms with Gasteiger partial charge in [-0.1, -0.05) is 11.3 Å². The zero-order valence-electron chi connectivity index (χ0n) is 11.2. The van der Waals surface area contributed by atoms with E-state index in [1.807, 2.05) is 12.1 Å². The number of hydrogen-bond acceptors (Lipinski definition) is 6. The monoisotopic (exact) mass is 292 g/mol. The highest BCUT2D eigenvalue weighted by Gasteiger charge is 2.45. The Morgan fingerprint density at radius 1 is 1.45 bits per heavy atom. The molecule has 1 aliphatic rings.